The molecule has 0 saturated carbocycles. The van der Waals surface area contributed by atoms with Crippen LogP contribution in [0.1, 0.15) is 27.0 Å². The van der Waals surface area contributed by atoms with E-state index in [1.54, 1.807) is 0 Å². The van der Waals surface area contributed by atoms with Crippen LogP contribution in [0.2, 0.25) is 0 Å². The number of hydrogen-bond acceptors (Lipinski definition) is 3. The van der Waals surface area contributed by atoms with Crippen LogP contribution in [0.4, 0.5) is 30.7 Å². The van der Waals surface area contributed by atoms with E-state index in [1.807, 2.05) is 4.90 Å². The molecular weight excluding hydrogens is 505 g/mol. The molecule has 1 aliphatic rings. The van der Waals surface area contributed by atoms with Gasteiger partial charge in [0.05, 0.1) is 18.2 Å². The molecule has 2 aromatic rings. The van der Waals surface area contributed by atoms with Crippen molar-refractivity contribution in [2.24, 2.45) is 0 Å². The minimum atomic E-state index is -5.07. The van der Waals surface area contributed by atoms with E-state index < -0.39 is 46.8 Å². The second-order valence-corrected chi connectivity index (χ2v) is 8.49. The summed E-state index contributed by atoms with van der Waals surface area (Å²) in [6.07, 6.45) is -9.97. The van der Waals surface area contributed by atoms with Gasteiger partial charge in [-0.2, -0.15) is 26.3 Å². The molecule has 1 amide bonds. The maximum Gasteiger partial charge on any atom is 0.416 e. The van der Waals surface area contributed by atoms with Crippen LogP contribution in [0.5, 0.6) is 5.75 Å². The van der Waals surface area contributed by atoms with E-state index in [9.17, 15) is 35.5 Å². The number of halogens is 8. The number of methoxy groups -OCH3 is 1. The van der Waals surface area contributed by atoms with Crippen LogP contribution in [0.3, 0.4) is 0 Å². The SMILES string of the molecule is COc1cc(C[C@@H]2CN(CCCl)CCN2C(=O)c2cc(C(F)(F)F)cc(C(F)(F)F)c2)ccc1F. The molecule has 0 spiro atoms. The summed E-state index contributed by atoms with van der Waals surface area (Å²) in [5.74, 6) is -1.28. The van der Waals surface area contributed by atoms with Gasteiger partial charge in [-0.15, -0.1) is 11.6 Å². The molecule has 3 rings (SSSR count). The van der Waals surface area contributed by atoms with Crippen molar-refractivity contribution in [3.8, 4) is 5.75 Å². The Morgan fingerprint density at radius 2 is 1.66 bits per heavy atom. The zero-order valence-electron chi connectivity index (χ0n) is 18.5. The molecule has 1 fully saturated rings. The van der Waals surface area contributed by atoms with Gasteiger partial charge < -0.3 is 9.64 Å². The van der Waals surface area contributed by atoms with E-state index in [0.29, 0.717) is 36.7 Å². The number of piperazine rings is 1. The van der Waals surface area contributed by atoms with Crippen molar-refractivity contribution in [2.45, 2.75) is 24.8 Å². The molecule has 0 aliphatic carbocycles. The Labute approximate surface area is 202 Å². The third kappa shape index (κ3) is 6.58. The monoisotopic (exact) mass is 526 g/mol. The van der Waals surface area contributed by atoms with Crippen molar-refractivity contribution in [3.63, 3.8) is 0 Å². The maximum absolute atomic E-state index is 13.8. The molecule has 0 radical (unpaired) electrons. The van der Waals surface area contributed by atoms with Crippen molar-refractivity contribution < 1.29 is 40.3 Å². The molecule has 1 saturated heterocycles. The van der Waals surface area contributed by atoms with Crippen molar-refractivity contribution >= 4 is 17.5 Å². The summed E-state index contributed by atoms with van der Waals surface area (Å²) in [5.41, 5.74) is -3.24. The number of rotatable bonds is 6. The van der Waals surface area contributed by atoms with Crippen LogP contribution in [0.25, 0.3) is 0 Å². The second kappa shape index (κ2) is 10.6. The summed E-state index contributed by atoms with van der Waals surface area (Å²) < 4.78 is 98.5. The summed E-state index contributed by atoms with van der Waals surface area (Å²) in [6, 6.07) is 4.33. The van der Waals surface area contributed by atoms with Gasteiger partial charge in [-0.25, -0.2) is 4.39 Å². The predicted octanol–water partition coefficient (Wildman–Crippen LogP) is 5.48. The first-order chi connectivity index (χ1) is 16.3. The minimum Gasteiger partial charge on any atom is -0.494 e. The van der Waals surface area contributed by atoms with Crippen molar-refractivity contribution in [1.29, 1.82) is 0 Å². The van der Waals surface area contributed by atoms with Crippen LogP contribution >= 0.6 is 11.6 Å². The zero-order chi connectivity index (χ0) is 26.0. The zero-order valence-corrected chi connectivity index (χ0v) is 19.3. The lowest BCUT2D eigenvalue weighted by Crippen LogP contribution is -2.56. The Morgan fingerprint density at radius 3 is 2.20 bits per heavy atom. The number of hydrogen-bond donors (Lipinski definition) is 0. The van der Waals surface area contributed by atoms with Gasteiger partial charge in [0.2, 0.25) is 0 Å². The van der Waals surface area contributed by atoms with E-state index in [-0.39, 0.29) is 31.3 Å². The normalized spacial score (nSPS) is 17.5. The fourth-order valence-electron chi connectivity index (χ4n) is 4.03. The van der Waals surface area contributed by atoms with E-state index in [1.165, 1.54) is 30.2 Å². The van der Waals surface area contributed by atoms with Gasteiger partial charge >= 0.3 is 12.4 Å². The van der Waals surface area contributed by atoms with Crippen molar-refractivity contribution in [3.05, 3.63) is 64.5 Å². The molecule has 1 aliphatic heterocycles. The minimum absolute atomic E-state index is 0.0164. The predicted molar refractivity (Wildman–Crippen MR) is 115 cm³/mol. The first-order valence-corrected chi connectivity index (χ1v) is 11.1. The van der Waals surface area contributed by atoms with Crippen LogP contribution in [0.15, 0.2) is 36.4 Å². The summed E-state index contributed by atoms with van der Waals surface area (Å²) in [4.78, 5) is 16.5. The molecule has 2 aromatic carbocycles. The third-order valence-electron chi connectivity index (χ3n) is 5.75. The van der Waals surface area contributed by atoms with E-state index >= 15 is 0 Å². The largest absolute Gasteiger partial charge is 0.494 e. The first-order valence-electron chi connectivity index (χ1n) is 10.5. The standard InChI is InChI=1S/C23H22ClF7N2O2/c1-35-20-9-14(2-3-19(20)25)8-18-13-32(5-4-24)6-7-33(18)21(34)15-10-16(22(26,27)28)12-17(11-15)23(29,30)31/h2-3,9-12,18H,4-8,13H2,1H3/t18-/m1/s1. The Bertz CT molecular complexity index is 1030. The molecule has 1 heterocycles. The number of amides is 1. The molecule has 0 unspecified atom stereocenters. The highest BCUT2D eigenvalue weighted by atomic mass is 35.5. The van der Waals surface area contributed by atoms with Crippen LogP contribution in [0, 0.1) is 5.82 Å². The van der Waals surface area contributed by atoms with Gasteiger partial charge in [-0.1, -0.05) is 6.07 Å². The van der Waals surface area contributed by atoms with Gasteiger partial charge in [0.25, 0.3) is 5.91 Å². The Kier molecular flexibility index (Phi) is 8.21. The molecule has 0 aromatic heterocycles. The number of ether oxygens (including phenoxy) is 1. The second-order valence-electron chi connectivity index (χ2n) is 8.11. The van der Waals surface area contributed by atoms with Gasteiger partial charge in [-0.3, -0.25) is 9.69 Å². The van der Waals surface area contributed by atoms with E-state index in [4.69, 9.17) is 16.3 Å². The number of carbonyl (C=O) groups is 1. The molecule has 1 atom stereocenters. The van der Waals surface area contributed by atoms with Crippen molar-refractivity contribution in [1.82, 2.24) is 9.80 Å². The highest BCUT2D eigenvalue weighted by Gasteiger charge is 2.39. The Hall–Kier alpha value is -2.53. The quantitative estimate of drug-likeness (QED) is 0.369. The van der Waals surface area contributed by atoms with Crippen LogP contribution < -0.4 is 4.74 Å². The number of benzene rings is 2. The molecule has 12 heteroatoms. The smallest absolute Gasteiger partial charge is 0.416 e. The molecular formula is C23H22ClF7N2O2. The van der Waals surface area contributed by atoms with Gasteiger partial charge in [0, 0.05) is 43.7 Å². The Balaban J connectivity index is 1.98. The molecule has 35 heavy (non-hydrogen) atoms. The highest BCUT2D eigenvalue weighted by Crippen LogP contribution is 2.37. The number of alkyl halides is 7. The maximum atomic E-state index is 13.8. The third-order valence-corrected chi connectivity index (χ3v) is 5.92. The molecule has 4 nitrogen and oxygen atoms in total. The lowest BCUT2D eigenvalue weighted by atomic mass is 9.99. The summed E-state index contributed by atoms with van der Waals surface area (Å²) >= 11 is 5.82. The lowest BCUT2D eigenvalue weighted by molar-refractivity contribution is -0.143. The van der Waals surface area contributed by atoms with Crippen molar-refractivity contribution in [2.75, 3.05) is 39.2 Å². The highest BCUT2D eigenvalue weighted by molar-refractivity contribution is 6.18. The fraction of sp³-hybridized carbons (Fsp3) is 0.435. The van der Waals surface area contributed by atoms with Gasteiger partial charge in [0.15, 0.2) is 11.6 Å². The van der Waals surface area contributed by atoms with Crippen LogP contribution in [-0.2, 0) is 18.8 Å². The summed E-state index contributed by atoms with van der Waals surface area (Å²) in [6.45, 7) is 1.17. The first kappa shape index (κ1) is 27.1. The lowest BCUT2D eigenvalue weighted by Gasteiger charge is -2.41. The van der Waals surface area contributed by atoms with Gasteiger partial charge in [-0.05, 0) is 42.3 Å². The number of carbonyl (C=O) groups excluding carboxylic acids is 1. The van der Waals surface area contributed by atoms with E-state index in [0.717, 1.165) is 0 Å². The summed E-state index contributed by atoms with van der Waals surface area (Å²) in [7, 11) is 1.28. The molecule has 192 valence electrons. The van der Waals surface area contributed by atoms with Gasteiger partial charge in [0.1, 0.15) is 0 Å². The Morgan fingerprint density at radius 1 is 1.03 bits per heavy atom. The molecule has 0 N–H and O–H groups in total. The average Bonchev–Trinajstić information content (AvgIpc) is 2.79. The topological polar surface area (TPSA) is 32.8 Å². The van der Waals surface area contributed by atoms with Crippen LogP contribution in [-0.4, -0.2) is 60.9 Å². The average molecular weight is 527 g/mol. The number of nitrogens with zero attached hydrogens (tertiary/aromatic N) is 2. The summed E-state index contributed by atoms with van der Waals surface area (Å²) in [5, 5.41) is 0. The fourth-order valence-corrected chi connectivity index (χ4v) is 4.27. The van der Waals surface area contributed by atoms with E-state index in [2.05, 4.69) is 0 Å². The molecule has 0 bridgehead atoms.